The summed E-state index contributed by atoms with van der Waals surface area (Å²) in [6.45, 7) is 4.20. The van der Waals surface area contributed by atoms with Gasteiger partial charge in [0.25, 0.3) is 0 Å². The van der Waals surface area contributed by atoms with Crippen LogP contribution in [0, 0.1) is 23.4 Å². The van der Waals surface area contributed by atoms with Crippen molar-refractivity contribution in [3.8, 4) is 11.1 Å². The van der Waals surface area contributed by atoms with Crippen molar-refractivity contribution < 1.29 is 13.2 Å². The van der Waals surface area contributed by atoms with E-state index in [1.54, 1.807) is 12.1 Å². The van der Waals surface area contributed by atoms with Crippen molar-refractivity contribution in [2.75, 3.05) is 0 Å². The number of hydrogen-bond donors (Lipinski definition) is 0. The standard InChI is InChI=1S/C32H35F3/c1-3-4-6-11-26-16-17-27(19-29(26)33)32-30(34)20-28(21-31(32)35)25-14-12-23(13-15-25)18-22(2)24-9-7-5-8-10-24/h3-5,7-10,16-17,19-23,25H,6,11-15,18H2,1-2H3/b4-3+/t22-,23?,25?/m0/s1. The van der Waals surface area contributed by atoms with Gasteiger partial charge in [0.15, 0.2) is 0 Å². The summed E-state index contributed by atoms with van der Waals surface area (Å²) in [4.78, 5) is 0. The highest BCUT2D eigenvalue weighted by Crippen LogP contribution is 2.41. The summed E-state index contributed by atoms with van der Waals surface area (Å²) in [6, 6.07) is 18.0. The molecule has 0 heterocycles. The van der Waals surface area contributed by atoms with Gasteiger partial charge in [0.05, 0.1) is 5.56 Å². The zero-order valence-electron chi connectivity index (χ0n) is 20.7. The van der Waals surface area contributed by atoms with Crippen molar-refractivity contribution >= 4 is 0 Å². The first-order valence-corrected chi connectivity index (χ1v) is 12.9. The Morgan fingerprint density at radius 2 is 1.54 bits per heavy atom. The lowest BCUT2D eigenvalue weighted by molar-refractivity contribution is 0.296. The number of aryl methyl sites for hydroxylation is 1. The molecule has 0 bridgehead atoms. The van der Waals surface area contributed by atoms with Gasteiger partial charge in [-0.1, -0.05) is 61.5 Å². The van der Waals surface area contributed by atoms with Crippen LogP contribution in [0.25, 0.3) is 11.1 Å². The highest BCUT2D eigenvalue weighted by atomic mass is 19.1. The first-order valence-electron chi connectivity index (χ1n) is 12.9. The SMILES string of the molecule is C/C=C/CCc1ccc(-c2c(F)cc(C3CCC(C[C@H](C)c4ccccc4)CC3)cc2F)cc1F. The van der Waals surface area contributed by atoms with Crippen LogP contribution in [0.3, 0.4) is 0 Å². The number of allylic oxidation sites excluding steroid dienone is 2. The Kier molecular flexibility index (Phi) is 8.49. The molecule has 35 heavy (non-hydrogen) atoms. The zero-order valence-corrected chi connectivity index (χ0v) is 20.7. The Balaban J connectivity index is 1.41. The zero-order chi connectivity index (χ0) is 24.8. The summed E-state index contributed by atoms with van der Waals surface area (Å²) in [5.74, 6) is -0.312. The van der Waals surface area contributed by atoms with Gasteiger partial charge in [-0.2, -0.15) is 0 Å². The molecule has 3 aromatic carbocycles. The molecule has 1 aliphatic carbocycles. The fourth-order valence-electron chi connectivity index (χ4n) is 5.56. The molecule has 0 aromatic heterocycles. The van der Waals surface area contributed by atoms with Crippen LogP contribution in [-0.4, -0.2) is 0 Å². The third-order valence-electron chi connectivity index (χ3n) is 7.60. The van der Waals surface area contributed by atoms with E-state index in [0.717, 1.165) is 44.1 Å². The van der Waals surface area contributed by atoms with Gasteiger partial charge in [-0.25, -0.2) is 13.2 Å². The van der Waals surface area contributed by atoms with Crippen molar-refractivity contribution in [3.63, 3.8) is 0 Å². The van der Waals surface area contributed by atoms with Gasteiger partial charge in [-0.05, 0) is 110 Å². The third kappa shape index (κ3) is 6.25. The highest BCUT2D eigenvalue weighted by molar-refractivity contribution is 5.66. The molecule has 3 aromatic rings. The largest absolute Gasteiger partial charge is 0.207 e. The highest BCUT2D eigenvalue weighted by Gasteiger charge is 2.26. The van der Waals surface area contributed by atoms with E-state index in [4.69, 9.17) is 0 Å². The van der Waals surface area contributed by atoms with Gasteiger partial charge in [0.1, 0.15) is 17.5 Å². The van der Waals surface area contributed by atoms with Crippen LogP contribution in [0.15, 0.2) is 72.8 Å². The van der Waals surface area contributed by atoms with Crippen LogP contribution in [0.2, 0.25) is 0 Å². The molecular weight excluding hydrogens is 441 g/mol. The van der Waals surface area contributed by atoms with E-state index in [0.29, 0.717) is 23.8 Å². The summed E-state index contributed by atoms with van der Waals surface area (Å²) in [5, 5.41) is 0. The molecule has 3 heteroatoms. The van der Waals surface area contributed by atoms with Gasteiger partial charge in [-0.3, -0.25) is 0 Å². The molecule has 0 radical (unpaired) electrons. The molecule has 0 saturated heterocycles. The Bertz CT molecular complexity index is 1120. The van der Waals surface area contributed by atoms with Crippen LogP contribution in [-0.2, 0) is 6.42 Å². The quantitative estimate of drug-likeness (QED) is 0.284. The van der Waals surface area contributed by atoms with Crippen molar-refractivity contribution in [2.24, 2.45) is 5.92 Å². The van der Waals surface area contributed by atoms with E-state index < -0.39 is 17.5 Å². The molecule has 1 aliphatic rings. The molecule has 184 valence electrons. The van der Waals surface area contributed by atoms with Gasteiger partial charge in [0.2, 0.25) is 0 Å². The summed E-state index contributed by atoms with van der Waals surface area (Å²) in [7, 11) is 0. The van der Waals surface area contributed by atoms with Gasteiger partial charge in [0, 0.05) is 0 Å². The Labute approximate surface area is 207 Å². The Hall–Kier alpha value is -2.81. The lowest BCUT2D eigenvalue weighted by atomic mass is 9.75. The van der Waals surface area contributed by atoms with Gasteiger partial charge < -0.3 is 0 Å². The fourth-order valence-corrected chi connectivity index (χ4v) is 5.56. The summed E-state index contributed by atoms with van der Waals surface area (Å²) in [6.07, 6.45) is 10.4. The van der Waals surface area contributed by atoms with E-state index in [1.165, 1.54) is 23.8 Å². The molecule has 1 saturated carbocycles. The van der Waals surface area contributed by atoms with Crippen molar-refractivity contribution in [1.82, 2.24) is 0 Å². The molecule has 1 atom stereocenters. The topological polar surface area (TPSA) is 0 Å². The Morgan fingerprint density at radius 1 is 0.857 bits per heavy atom. The fraction of sp³-hybridized carbons (Fsp3) is 0.375. The van der Waals surface area contributed by atoms with Crippen molar-refractivity contribution in [2.45, 2.75) is 70.6 Å². The van der Waals surface area contributed by atoms with Gasteiger partial charge in [-0.15, -0.1) is 0 Å². The van der Waals surface area contributed by atoms with Crippen LogP contribution >= 0.6 is 0 Å². The lowest BCUT2D eigenvalue weighted by Crippen LogP contribution is -2.15. The molecule has 0 N–H and O–H groups in total. The Morgan fingerprint density at radius 3 is 2.17 bits per heavy atom. The number of halogens is 3. The molecule has 4 rings (SSSR count). The number of rotatable bonds is 8. The second-order valence-electron chi connectivity index (χ2n) is 10.0. The maximum absolute atomic E-state index is 15.1. The van der Waals surface area contributed by atoms with E-state index in [9.17, 15) is 4.39 Å². The molecule has 0 aliphatic heterocycles. The van der Waals surface area contributed by atoms with Crippen LogP contribution in [0.5, 0.6) is 0 Å². The molecule has 0 spiro atoms. The maximum Gasteiger partial charge on any atom is 0.134 e. The van der Waals surface area contributed by atoms with Crippen LogP contribution in [0.4, 0.5) is 13.2 Å². The van der Waals surface area contributed by atoms with Crippen molar-refractivity contribution in [1.29, 1.82) is 0 Å². The van der Waals surface area contributed by atoms with E-state index >= 15 is 8.78 Å². The molecule has 0 unspecified atom stereocenters. The van der Waals surface area contributed by atoms with E-state index in [1.807, 2.05) is 25.1 Å². The predicted molar refractivity (Wildman–Crippen MR) is 139 cm³/mol. The lowest BCUT2D eigenvalue weighted by Gasteiger charge is -2.30. The minimum absolute atomic E-state index is 0.141. The van der Waals surface area contributed by atoms with Crippen LogP contribution < -0.4 is 0 Å². The monoisotopic (exact) mass is 476 g/mol. The average Bonchev–Trinajstić information content (AvgIpc) is 2.86. The molecular formula is C32H35F3. The first-order chi connectivity index (χ1) is 17.0. The summed E-state index contributed by atoms with van der Waals surface area (Å²) >= 11 is 0. The summed E-state index contributed by atoms with van der Waals surface area (Å²) < 4.78 is 44.8. The first kappa shape index (κ1) is 25.3. The minimum Gasteiger partial charge on any atom is -0.207 e. The van der Waals surface area contributed by atoms with Gasteiger partial charge >= 0.3 is 0 Å². The molecule has 0 nitrogen and oxygen atoms in total. The minimum atomic E-state index is -0.610. The van der Waals surface area contributed by atoms with Crippen molar-refractivity contribution in [3.05, 3.63) is 107 Å². The molecule has 0 amide bonds. The second-order valence-corrected chi connectivity index (χ2v) is 10.0. The second kappa shape index (κ2) is 11.7. The number of benzene rings is 3. The number of hydrogen-bond acceptors (Lipinski definition) is 0. The molecule has 1 fully saturated rings. The smallest absolute Gasteiger partial charge is 0.134 e. The predicted octanol–water partition coefficient (Wildman–Crippen LogP) is 9.75. The summed E-state index contributed by atoms with van der Waals surface area (Å²) in [5.41, 5.74) is 2.76. The van der Waals surface area contributed by atoms with E-state index in [2.05, 4.69) is 31.2 Å². The normalized spacial score (nSPS) is 19.2. The maximum atomic E-state index is 15.1. The van der Waals surface area contributed by atoms with Crippen LogP contribution in [0.1, 0.15) is 80.9 Å². The average molecular weight is 477 g/mol. The van der Waals surface area contributed by atoms with E-state index in [-0.39, 0.29) is 17.0 Å². The third-order valence-corrected chi connectivity index (χ3v) is 7.60.